The van der Waals surface area contributed by atoms with Crippen LogP contribution in [0.2, 0.25) is 0 Å². The van der Waals surface area contributed by atoms with Crippen LogP contribution in [0.25, 0.3) is 0 Å². The van der Waals surface area contributed by atoms with Crippen molar-refractivity contribution in [2.45, 2.75) is 180 Å². The molecule has 0 aliphatic heterocycles. The number of ether oxygens (including phenoxy) is 2. The molecule has 0 aromatic rings. The first-order valence-corrected chi connectivity index (χ1v) is 21.5. The predicted octanol–water partition coefficient (Wildman–Crippen LogP) is 11.0. The van der Waals surface area contributed by atoms with Gasteiger partial charge in [0.25, 0.3) is 0 Å². The van der Waals surface area contributed by atoms with Gasteiger partial charge in [-0.1, -0.05) is 153 Å². The van der Waals surface area contributed by atoms with Gasteiger partial charge in [-0.05, 0) is 44.9 Å². The number of nitrogens with two attached hydrogens (primary N) is 1. The van der Waals surface area contributed by atoms with Crippen LogP contribution in [0, 0.1) is 0 Å². The van der Waals surface area contributed by atoms with Crippen molar-refractivity contribution in [1.82, 2.24) is 0 Å². The number of hydrogen-bond donors (Lipinski definition) is 2. The zero-order chi connectivity index (χ0) is 36.8. The normalized spacial score (nSPS) is 13.8. The number of carbonyl (C=O) groups excluding carboxylic acids is 2. The number of allylic oxidation sites excluding steroid dienone is 6. The fourth-order valence-corrected chi connectivity index (χ4v) is 6.06. The van der Waals surface area contributed by atoms with Crippen molar-refractivity contribution >= 4 is 19.8 Å². The molecule has 10 heteroatoms. The van der Waals surface area contributed by atoms with Gasteiger partial charge < -0.3 is 20.1 Å². The maximum absolute atomic E-state index is 12.5. The Morgan fingerprint density at radius 1 is 0.600 bits per heavy atom. The maximum atomic E-state index is 12.5. The van der Waals surface area contributed by atoms with Crippen LogP contribution in [-0.2, 0) is 32.7 Å². The molecule has 9 nitrogen and oxygen atoms in total. The summed E-state index contributed by atoms with van der Waals surface area (Å²) in [6, 6.07) is 0. The quantitative estimate of drug-likeness (QED) is 0.0277. The molecule has 0 heterocycles. The first-order valence-electron chi connectivity index (χ1n) is 20.0. The number of rotatable bonds is 37. The minimum atomic E-state index is -4.38. The summed E-state index contributed by atoms with van der Waals surface area (Å²) < 4.78 is 32.6. The van der Waals surface area contributed by atoms with E-state index in [0.29, 0.717) is 6.42 Å². The summed E-state index contributed by atoms with van der Waals surface area (Å²) in [5, 5.41) is 0. The molecule has 292 valence electrons. The van der Waals surface area contributed by atoms with Crippen LogP contribution in [0.3, 0.4) is 0 Å². The summed E-state index contributed by atoms with van der Waals surface area (Å²) in [7, 11) is -4.38. The highest BCUT2D eigenvalue weighted by molar-refractivity contribution is 7.47. The Labute approximate surface area is 305 Å². The van der Waals surface area contributed by atoms with Gasteiger partial charge in [-0.15, -0.1) is 0 Å². The van der Waals surface area contributed by atoms with E-state index in [1.807, 2.05) is 6.08 Å². The summed E-state index contributed by atoms with van der Waals surface area (Å²) in [5.41, 5.74) is 5.33. The van der Waals surface area contributed by atoms with Crippen molar-refractivity contribution in [3.05, 3.63) is 36.5 Å². The second-order valence-corrected chi connectivity index (χ2v) is 14.6. The molecule has 50 heavy (non-hydrogen) atoms. The van der Waals surface area contributed by atoms with Crippen LogP contribution >= 0.6 is 7.82 Å². The molecule has 0 saturated carbocycles. The van der Waals surface area contributed by atoms with Crippen molar-refractivity contribution in [1.29, 1.82) is 0 Å². The molecule has 0 aliphatic rings. The molecule has 0 aromatic carbocycles. The van der Waals surface area contributed by atoms with Crippen molar-refractivity contribution < 1.29 is 37.6 Å². The molecule has 0 radical (unpaired) electrons. The summed E-state index contributed by atoms with van der Waals surface area (Å²) in [6.45, 7) is 3.66. The first-order chi connectivity index (χ1) is 24.3. The average molecular weight is 728 g/mol. The molecule has 0 bridgehead atoms. The Morgan fingerprint density at radius 3 is 1.60 bits per heavy atom. The van der Waals surface area contributed by atoms with Gasteiger partial charge in [0.05, 0.1) is 13.2 Å². The van der Waals surface area contributed by atoms with Crippen LogP contribution in [0.1, 0.15) is 174 Å². The fourth-order valence-electron chi connectivity index (χ4n) is 5.30. The van der Waals surface area contributed by atoms with E-state index in [0.717, 1.165) is 44.9 Å². The Balaban J connectivity index is 4.29. The number of phosphoric acid groups is 1. The summed E-state index contributed by atoms with van der Waals surface area (Å²) in [5.74, 6) is -0.889. The first kappa shape index (κ1) is 48.2. The third-order valence-corrected chi connectivity index (χ3v) is 9.26. The molecule has 0 saturated heterocycles. The van der Waals surface area contributed by atoms with Crippen LogP contribution in [0.15, 0.2) is 36.5 Å². The highest BCUT2D eigenvalue weighted by atomic mass is 31.2. The standard InChI is InChI=1S/C40H74NO8P/c1-3-5-7-9-11-13-15-17-18-19-20-21-23-25-27-29-31-33-40(43)49-38(37-48-50(44,45)47-35-34-41)36-46-39(42)32-30-28-26-24-22-16-14-12-10-8-6-4-2/h17-18,20-21,25,27,38H,3-16,19,22-24,26,28-37,41H2,1-2H3,(H,44,45)/b18-17+,21-20+,27-25+/t38-/m1/s1. The van der Waals surface area contributed by atoms with Crippen LogP contribution in [0.5, 0.6) is 0 Å². The van der Waals surface area contributed by atoms with Crippen molar-refractivity contribution in [2.24, 2.45) is 5.73 Å². The zero-order valence-electron chi connectivity index (χ0n) is 31.9. The highest BCUT2D eigenvalue weighted by Crippen LogP contribution is 2.43. The average Bonchev–Trinajstić information content (AvgIpc) is 3.10. The minimum Gasteiger partial charge on any atom is -0.462 e. The van der Waals surface area contributed by atoms with Crippen molar-refractivity contribution in [3.8, 4) is 0 Å². The third kappa shape index (κ3) is 36.0. The van der Waals surface area contributed by atoms with Crippen LogP contribution in [-0.4, -0.2) is 49.3 Å². The minimum absolute atomic E-state index is 0.0461. The zero-order valence-corrected chi connectivity index (χ0v) is 32.8. The number of esters is 2. The van der Waals surface area contributed by atoms with Gasteiger partial charge in [-0.25, -0.2) is 4.57 Å². The van der Waals surface area contributed by atoms with Gasteiger partial charge in [-0.3, -0.25) is 18.6 Å². The van der Waals surface area contributed by atoms with E-state index in [9.17, 15) is 19.0 Å². The molecule has 0 fully saturated rings. The Bertz CT molecular complexity index is 923. The number of hydrogen-bond acceptors (Lipinski definition) is 8. The van der Waals surface area contributed by atoms with Gasteiger partial charge >= 0.3 is 19.8 Å². The highest BCUT2D eigenvalue weighted by Gasteiger charge is 2.25. The van der Waals surface area contributed by atoms with E-state index in [4.69, 9.17) is 24.3 Å². The van der Waals surface area contributed by atoms with Crippen LogP contribution < -0.4 is 5.73 Å². The largest absolute Gasteiger partial charge is 0.472 e. The predicted molar refractivity (Wildman–Crippen MR) is 206 cm³/mol. The SMILES string of the molecule is CCCCCCCC/C=C/C/C=C/C/C=C/CCCC(=O)O[C@H](COC(=O)CCCCCCCCCCCCCC)COP(=O)(O)OCCN. The second kappa shape index (κ2) is 37.0. The lowest BCUT2D eigenvalue weighted by Gasteiger charge is -2.19. The molecule has 0 aromatic heterocycles. The second-order valence-electron chi connectivity index (χ2n) is 13.2. The van der Waals surface area contributed by atoms with Gasteiger partial charge in [0.1, 0.15) is 6.61 Å². The molecule has 0 spiro atoms. The van der Waals surface area contributed by atoms with Gasteiger partial charge in [-0.2, -0.15) is 0 Å². The van der Waals surface area contributed by atoms with Crippen molar-refractivity contribution in [3.63, 3.8) is 0 Å². The lowest BCUT2D eigenvalue weighted by atomic mass is 10.0. The van der Waals surface area contributed by atoms with Gasteiger partial charge in [0.15, 0.2) is 6.10 Å². The molecular formula is C40H74NO8P. The lowest BCUT2D eigenvalue weighted by molar-refractivity contribution is -0.161. The number of carbonyl (C=O) groups is 2. The van der Waals surface area contributed by atoms with E-state index in [1.165, 1.54) is 96.3 Å². The fraction of sp³-hybridized carbons (Fsp3) is 0.800. The van der Waals surface area contributed by atoms with E-state index in [2.05, 4.69) is 44.2 Å². The summed E-state index contributed by atoms with van der Waals surface area (Å²) in [4.78, 5) is 34.7. The monoisotopic (exact) mass is 728 g/mol. The summed E-state index contributed by atoms with van der Waals surface area (Å²) in [6.07, 6.45) is 39.0. The smallest absolute Gasteiger partial charge is 0.462 e. The van der Waals surface area contributed by atoms with Crippen molar-refractivity contribution in [2.75, 3.05) is 26.4 Å². The molecule has 0 amide bonds. The Kier molecular flexibility index (Phi) is 35.7. The molecule has 0 rings (SSSR count). The third-order valence-electron chi connectivity index (χ3n) is 8.28. The topological polar surface area (TPSA) is 134 Å². The Morgan fingerprint density at radius 2 is 1.06 bits per heavy atom. The van der Waals surface area contributed by atoms with E-state index >= 15 is 0 Å². The van der Waals surface area contributed by atoms with Crippen LogP contribution in [0.4, 0.5) is 0 Å². The molecule has 2 atom stereocenters. The maximum Gasteiger partial charge on any atom is 0.472 e. The number of unbranched alkanes of at least 4 members (excludes halogenated alkanes) is 18. The van der Waals surface area contributed by atoms with E-state index in [1.54, 1.807) is 0 Å². The molecule has 3 N–H and O–H groups in total. The van der Waals surface area contributed by atoms with Gasteiger partial charge in [0.2, 0.25) is 0 Å². The summed E-state index contributed by atoms with van der Waals surface area (Å²) >= 11 is 0. The molecule has 0 aliphatic carbocycles. The lowest BCUT2D eigenvalue weighted by Crippen LogP contribution is -2.29. The van der Waals surface area contributed by atoms with E-state index < -0.39 is 32.5 Å². The molecular weight excluding hydrogens is 653 g/mol. The van der Waals surface area contributed by atoms with Gasteiger partial charge in [0, 0.05) is 19.4 Å². The number of phosphoric ester groups is 1. The van der Waals surface area contributed by atoms with E-state index in [-0.39, 0.29) is 32.6 Å². The Hall–Kier alpha value is -1.77. The molecule has 1 unspecified atom stereocenters.